The molecule has 0 aliphatic carbocycles. The standard InChI is InChI=1S/C14H22ClNO/c1-2-3-4-5-9-16-11-14(17)12-7-6-8-13(15)10-12/h6-8,10,14,16-17H,2-5,9,11H2,1H3. The predicted molar refractivity (Wildman–Crippen MR) is 73.4 cm³/mol. The third kappa shape index (κ3) is 6.06. The number of hydrogen-bond donors (Lipinski definition) is 2. The minimum absolute atomic E-state index is 0.472. The SMILES string of the molecule is CCCCCCNCC(O)c1cccc(Cl)c1. The largest absolute Gasteiger partial charge is 0.387 e. The van der Waals surface area contributed by atoms with Crippen LogP contribution in [0, 0.1) is 0 Å². The number of benzene rings is 1. The molecule has 2 nitrogen and oxygen atoms in total. The predicted octanol–water partition coefficient (Wildman–Crippen LogP) is 3.54. The summed E-state index contributed by atoms with van der Waals surface area (Å²) in [6.45, 7) is 3.76. The molecule has 3 heteroatoms. The van der Waals surface area contributed by atoms with E-state index in [1.165, 1.54) is 25.7 Å². The fourth-order valence-corrected chi connectivity index (χ4v) is 1.95. The Morgan fingerprint density at radius 3 is 2.82 bits per heavy atom. The van der Waals surface area contributed by atoms with Gasteiger partial charge in [0, 0.05) is 11.6 Å². The van der Waals surface area contributed by atoms with E-state index < -0.39 is 6.10 Å². The summed E-state index contributed by atoms with van der Waals surface area (Å²) in [5, 5.41) is 13.9. The fourth-order valence-electron chi connectivity index (χ4n) is 1.75. The van der Waals surface area contributed by atoms with E-state index in [0.29, 0.717) is 11.6 Å². The van der Waals surface area contributed by atoms with Crippen molar-refractivity contribution < 1.29 is 5.11 Å². The summed E-state index contributed by atoms with van der Waals surface area (Å²) in [5.41, 5.74) is 0.874. The van der Waals surface area contributed by atoms with Crippen LogP contribution in [0.15, 0.2) is 24.3 Å². The quantitative estimate of drug-likeness (QED) is 0.697. The van der Waals surface area contributed by atoms with Gasteiger partial charge in [-0.2, -0.15) is 0 Å². The summed E-state index contributed by atoms with van der Waals surface area (Å²) >= 11 is 5.88. The van der Waals surface area contributed by atoms with Crippen LogP contribution >= 0.6 is 11.6 Å². The van der Waals surface area contributed by atoms with E-state index in [0.717, 1.165) is 12.1 Å². The molecule has 0 heterocycles. The van der Waals surface area contributed by atoms with Crippen LogP contribution in [0.4, 0.5) is 0 Å². The summed E-state index contributed by atoms with van der Waals surface area (Å²) in [6, 6.07) is 7.39. The van der Waals surface area contributed by atoms with Crippen molar-refractivity contribution in [1.82, 2.24) is 5.32 Å². The zero-order valence-electron chi connectivity index (χ0n) is 10.5. The third-order valence-corrected chi connectivity index (χ3v) is 3.01. The van der Waals surface area contributed by atoms with Gasteiger partial charge in [0.05, 0.1) is 6.10 Å². The van der Waals surface area contributed by atoms with Gasteiger partial charge in [0.25, 0.3) is 0 Å². The minimum Gasteiger partial charge on any atom is -0.387 e. The lowest BCUT2D eigenvalue weighted by Gasteiger charge is -2.12. The van der Waals surface area contributed by atoms with Crippen LogP contribution in [0.3, 0.4) is 0 Å². The molecule has 0 aliphatic heterocycles. The molecule has 1 aromatic carbocycles. The molecular weight excluding hydrogens is 234 g/mol. The van der Waals surface area contributed by atoms with Crippen LogP contribution in [0.25, 0.3) is 0 Å². The van der Waals surface area contributed by atoms with Gasteiger partial charge in [0.15, 0.2) is 0 Å². The van der Waals surface area contributed by atoms with E-state index in [2.05, 4.69) is 12.2 Å². The highest BCUT2D eigenvalue weighted by Crippen LogP contribution is 2.16. The normalized spacial score (nSPS) is 12.6. The second-order valence-electron chi connectivity index (χ2n) is 4.34. The average Bonchev–Trinajstić information content (AvgIpc) is 2.33. The first-order chi connectivity index (χ1) is 8.24. The number of aliphatic hydroxyl groups is 1. The monoisotopic (exact) mass is 255 g/mol. The first-order valence-electron chi connectivity index (χ1n) is 6.38. The topological polar surface area (TPSA) is 32.3 Å². The van der Waals surface area contributed by atoms with Crippen molar-refractivity contribution in [2.75, 3.05) is 13.1 Å². The average molecular weight is 256 g/mol. The Kier molecular flexibility index (Phi) is 7.25. The molecule has 0 amide bonds. The smallest absolute Gasteiger partial charge is 0.0914 e. The van der Waals surface area contributed by atoms with Gasteiger partial charge < -0.3 is 10.4 Å². The Bertz CT molecular complexity index is 317. The lowest BCUT2D eigenvalue weighted by Crippen LogP contribution is -2.22. The number of rotatable bonds is 8. The molecule has 0 radical (unpaired) electrons. The molecule has 0 aromatic heterocycles. The van der Waals surface area contributed by atoms with Crippen molar-refractivity contribution in [3.05, 3.63) is 34.9 Å². The molecule has 0 bridgehead atoms. The fraction of sp³-hybridized carbons (Fsp3) is 0.571. The van der Waals surface area contributed by atoms with Crippen molar-refractivity contribution in [3.63, 3.8) is 0 Å². The second kappa shape index (κ2) is 8.51. The van der Waals surface area contributed by atoms with Gasteiger partial charge >= 0.3 is 0 Å². The minimum atomic E-state index is -0.472. The van der Waals surface area contributed by atoms with Crippen molar-refractivity contribution in [3.8, 4) is 0 Å². The van der Waals surface area contributed by atoms with Crippen molar-refractivity contribution >= 4 is 11.6 Å². The molecule has 0 spiro atoms. The Labute approximate surface area is 109 Å². The highest BCUT2D eigenvalue weighted by molar-refractivity contribution is 6.30. The van der Waals surface area contributed by atoms with Gasteiger partial charge in [-0.1, -0.05) is 49.9 Å². The van der Waals surface area contributed by atoms with Crippen LogP contribution in [0.1, 0.15) is 44.3 Å². The van der Waals surface area contributed by atoms with Crippen LogP contribution in [-0.2, 0) is 0 Å². The van der Waals surface area contributed by atoms with Crippen molar-refractivity contribution in [2.24, 2.45) is 0 Å². The molecular formula is C14H22ClNO. The van der Waals surface area contributed by atoms with E-state index in [9.17, 15) is 5.11 Å². The van der Waals surface area contributed by atoms with Gasteiger partial charge in [-0.3, -0.25) is 0 Å². The molecule has 17 heavy (non-hydrogen) atoms. The molecule has 1 unspecified atom stereocenters. The van der Waals surface area contributed by atoms with Gasteiger partial charge in [0.2, 0.25) is 0 Å². The molecule has 1 rings (SSSR count). The van der Waals surface area contributed by atoms with E-state index in [1.54, 1.807) is 0 Å². The summed E-state index contributed by atoms with van der Waals surface area (Å²) in [6.07, 6.45) is 4.51. The highest BCUT2D eigenvalue weighted by Gasteiger charge is 2.06. The van der Waals surface area contributed by atoms with Gasteiger partial charge in [-0.05, 0) is 30.7 Å². The maximum absolute atomic E-state index is 9.93. The number of hydrogen-bond acceptors (Lipinski definition) is 2. The van der Waals surface area contributed by atoms with E-state index in [1.807, 2.05) is 24.3 Å². The molecule has 0 saturated heterocycles. The Balaban J connectivity index is 2.19. The molecule has 2 N–H and O–H groups in total. The summed E-state index contributed by atoms with van der Waals surface area (Å²) in [7, 11) is 0. The maximum atomic E-state index is 9.93. The zero-order valence-corrected chi connectivity index (χ0v) is 11.2. The highest BCUT2D eigenvalue weighted by atomic mass is 35.5. The Morgan fingerprint density at radius 2 is 2.12 bits per heavy atom. The lowest BCUT2D eigenvalue weighted by atomic mass is 10.1. The summed E-state index contributed by atoms with van der Waals surface area (Å²) < 4.78 is 0. The second-order valence-corrected chi connectivity index (χ2v) is 4.77. The lowest BCUT2D eigenvalue weighted by molar-refractivity contribution is 0.174. The number of halogens is 1. The maximum Gasteiger partial charge on any atom is 0.0914 e. The molecule has 0 aliphatic rings. The molecule has 0 fully saturated rings. The van der Waals surface area contributed by atoms with Crippen LogP contribution in [0.5, 0.6) is 0 Å². The summed E-state index contributed by atoms with van der Waals surface area (Å²) in [4.78, 5) is 0. The number of nitrogens with one attached hydrogen (secondary N) is 1. The molecule has 0 saturated carbocycles. The van der Waals surface area contributed by atoms with E-state index in [-0.39, 0.29) is 0 Å². The Morgan fingerprint density at radius 1 is 1.29 bits per heavy atom. The van der Waals surface area contributed by atoms with Crippen LogP contribution < -0.4 is 5.32 Å². The summed E-state index contributed by atoms with van der Waals surface area (Å²) in [5.74, 6) is 0. The first-order valence-corrected chi connectivity index (χ1v) is 6.76. The van der Waals surface area contributed by atoms with Gasteiger partial charge in [0.1, 0.15) is 0 Å². The van der Waals surface area contributed by atoms with Gasteiger partial charge in [-0.15, -0.1) is 0 Å². The molecule has 96 valence electrons. The van der Waals surface area contributed by atoms with E-state index >= 15 is 0 Å². The molecule has 1 aromatic rings. The molecule has 1 atom stereocenters. The Hall–Kier alpha value is -0.570. The van der Waals surface area contributed by atoms with Crippen molar-refractivity contribution in [1.29, 1.82) is 0 Å². The van der Waals surface area contributed by atoms with Crippen LogP contribution in [-0.4, -0.2) is 18.2 Å². The van der Waals surface area contributed by atoms with E-state index in [4.69, 9.17) is 11.6 Å². The van der Waals surface area contributed by atoms with Gasteiger partial charge in [-0.25, -0.2) is 0 Å². The van der Waals surface area contributed by atoms with Crippen LogP contribution in [0.2, 0.25) is 5.02 Å². The first kappa shape index (κ1) is 14.5. The zero-order chi connectivity index (χ0) is 12.5. The number of aliphatic hydroxyl groups excluding tert-OH is 1. The number of unbranched alkanes of at least 4 members (excludes halogenated alkanes) is 3. The third-order valence-electron chi connectivity index (χ3n) is 2.78. The van der Waals surface area contributed by atoms with Crippen molar-refractivity contribution in [2.45, 2.75) is 38.7 Å².